The number of thiophene rings is 1. The van der Waals surface area contributed by atoms with Crippen molar-refractivity contribution in [1.29, 1.82) is 0 Å². The molecule has 1 aromatic rings. The standard InChI is InChI=1S/C12H20N4O2S.HI/c1-13-12(15-8-10-4-3-7-19-10)16-9-11(17)14-5-6-18-2;/h3-4,7H,5-6,8-9H2,1-2H3,(H,14,17)(H2,13,15,16);1H. The molecule has 3 N–H and O–H groups in total. The van der Waals surface area contributed by atoms with Crippen molar-refractivity contribution >= 4 is 47.2 Å². The first-order chi connectivity index (χ1) is 9.26. The molecule has 8 heteroatoms. The van der Waals surface area contributed by atoms with Crippen molar-refractivity contribution < 1.29 is 9.53 Å². The van der Waals surface area contributed by atoms with E-state index in [1.54, 1.807) is 25.5 Å². The van der Waals surface area contributed by atoms with E-state index < -0.39 is 0 Å². The molecule has 0 aromatic carbocycles. The van der Waals surface area contributed by atoms with Gasteiger partial charge in [0.1, 0.15) is 0 Å². The average molecular weight is 412 g/mol. The lowest BCUT2D eigenvalue weighted by atomic mass is 10.4. The minimum atomic E-state index is -0.0869. The number of guanidine groups is 1. The highest BCUT2D eigenvalue weighted by atomic mass is 127. The van der Waals surface area contributed by atoms with Gasteiger partial charge in [0, 0.05) is 25.6 Å². The van der Waals surface area contributed by atoms with Gasteiger partial charge in [-0.1, -0.05) is 6.07 Å². The molecule has 1 heterocycles. The summed E-state index contributed by atoms with van der Waals surface area (Å²) in [6, 6.07) is 4.05. The molecule has 0 spiro atoms. The maximum absolute atomic E-state index is 11.5. The lowest BCUT2D eigenvalue weighted by Crippen LogP contribution is -2.43. The van der Waals surface area contributed by atoms with E-state index in [1.807, 2.05) is 17.5 Å². The molecule has 0 saturated heterocycles. The predicted octanol–water partition coefficient (Wildman–Crippen LogP) is 0.794. The molecular formula is C12H21IN4O2S. The summed E-state index contributed by atoms with van der Waals surface area (Å²) in [5.41, 5.74) is 0. The van der Waals surface area contributed by atoms with Crippen LogP contribution >= 0.6 is 35.3 Å². The summed E-state index contributed by atoms with van der Waals surface area (Å²) in [7, 11) is 3.27. The summed E-state index contributed by atoms with van der Waals surface area (Å²) in [5.74, 6) is 0.520. The molecule has 20 heavy (non-hydrogen) atoms. The fraction of sp³-hybridized carbons (Fsp3) is 0.500. The van der Waals surface area contributed by atoms with Crippen molar-refractivity contribution in [3.8, 4) is 0 Å². The number of amides is 1. The van der Waals surface area contributed by atoms with Gasteiger partial charge >= 0.3 is 0 Å². The SMILES string of the molecule is CN=C(NCC(=O)NCCOC)NCc1cccs1.I. The average Bonchev–Trinajstić information content (AvgIpc) is 2.92. The number of halogens is 1. The van der Waals surface area contributed by atoms with E-state index in [1.165, 1.54) is 4.88 Å². The first-order valence-electron chi connectivity index (χ1n) is 5.98. The van der Waals surface area contributed by atoms with Gasteiger partial charge in [-0.3, -0.25) is 9.79 Å². The van der Waals surface area contributed by atoms with Crippen molar-refractivity contribution in [3.63, 3.8) is 0 Å². The fourth-order valence-corrected chi connectivity index (χ4v) is 1.97. The molecule has 0 aliphatic carbocycles. The Labute approximate surface area is 140 Å². The van der Waals surface area contributed by atoms with E-state index >= 15 is 0 Å². The third-order valence-electron chi connectivity index (χ3n) is 2.28. The molecular weight excluding hydrogens is 391 g/mol. The zero-order chi connectivity index (χ0) is 13.9. The van der Waals surface area contributed by atoms with Gasteiger partial charge in [-0.05, 0) is 11.4 Å². The predicted molar refractivity (Wildman–Crippen MR) is 92.8 cm³/mol. The van der Waals surface area contributed by atoms with Crippen molar-refractivity contribution in [2.75, 3.05) is 33.9 Å². The number of methoxy groups -OCH3 is 1. The third kappa shape index (κ3) is 8.33. The van der Waals surface area contributed by atoms with Crippen LogP contribution in [-0.4, -0.2) is 45.7 Å². The Bertz CT molecular complexity index is 398. The molecule has 6 nitrogen and oxygen atoms in total. The van der Waals surface area contributed by atoms with Crippen LogP contribution in [-0.2, 0) is 16.1 Å². The number of rotatable bonds is 7. The Morgan fingerprint density at radius 1 is 1.40 bits per heavy atom. The minimum Gasteiger partial charge on any atom is -0.383 e. The molecule has 0 aliphatic heterocycles. The van der Waals surface area contributed by atoms with Crippen LogP contribution in [0.15, 0.2) is 22.5 Å². The summed E-state index contributed by atoms with van der Waals surface area (Å²) >= 11 is 1.67. The van der Waals surface area contributed by atoms with E-state index in [0.29, 0.717) is 25.7 Å². The zero-order valence-corrected chi connectivity index (χ0v) is 14.8. The third-order valence-corrected chi connectivity index (χ3v) is 3.15. The first kappa shape index (κ1) is 19.1. The second-order valence-electron chi connectivity index (χ2n) is 3.70. The monoisotopic (exact) mass is 412 g/mol. The number of hydrogen-bond donors (Lipinski definition) is 3. The smallest absolute Gasteiger partial charge is 0.239 e. The van der Waals surface area contributed by atoms with Crippen LogP contribution in [0.2, 0.25) is 0 Å². The van der Waals surface area contributed by atoms with Gasteiger partial charge in [0.05, 0.1) is 19.7 Å². The number of hydrogen-bond acceptors (Lipinski definition) is 4. The molecule has 0 radical (unpaired) electrons. The van der Waals surface area contributed by atoms with Crippen LogP contribution in [0.4, 0.5) is 0 Å². The summed E-state index contributed by atoms with van der Waals surface area (Å²) in [4.78, 5) is 16.7. The summed E-state index contributed by atoms with van der Waals surface area (Å²) in [5, 5.41) is 10.8. The maximum atomic E-state index is 11.5. The van der Waals surface area contributed by atoms with E-state index in [4.69, 9.17) is 4.74 Å². The molecule has 0 saturated carbocycles. The van der Waals surface area contributed by atoms with E-state index in [2.05, 4.69) is 20.9 Å². The number of ether oxygens (including phenoxy) is 1. The number of nitrogens with zero attached hydrogens (tertiary/aromatic N) is 1. The number of carbonyl (C=O) groups is 1. The quantitative estimate of drug-likeness (QED) is 0.268. The van der Waals surface area contributed by atoms with Crippen LogP contribution in [0.3, 0.4) is 0 Å². The minimum absolute atomic E-state index is 0. The lowest BCUT2D eigenvalue weighted by Gasteiger charge is -2.11. The number of nitrogens with one attached hydrogen (secondary N) is 3. The molecule has 1 rings (SSSR count). The van der Waals surface area contributed by atoms with E-state index in [-0.39, 0.29) is 36.4 Å². The largest absolute Gasteiger partial charge is 0.383 e. The molecule has 1 amide bonds. The lowest BCUT2D eigenvalue weighted by molar-refractivity contribution is -0.120. The maximum Gasteiger partial charge on any atom is 0.239 e. The second-order valence-corrected chi connectivity index (χ2v) is 4.73. The first-order valence-corrected chi connectivity index (χ1v) is 6.86. The molecule has 0 aliphatic rings. The molecule has 114 valence electrons. The van der Waals surface area contributed by atoms with Crippen molar-refractivity contribution in [2.45, 2.75) is 6.54 Å². The Morgan fingerprint density at radius 2 is 2.20 bits per heavy atom. The van der Waals surface area contributed by atoms with Crippen molar-refractivity contribution in [3.05, 3.63) is 22.4 Å². The van der Waals surface area contributed by atoms with Gasteiger partial charge in [-0.25, -0.2) is 0 Å². The molecule has 0 atom stereocenters. The Kier molecular flexibility index (Phi) is 11.4. The molecule has 0 fully saturated rings. The zero-order valence-electron chi connectivity index (χ0n) is 11.6. The second kappa shape index (κ2) is 11.9. The number of carbonyl (C=O) groups excluding carboxylic acids is 1. The Hall–Kier alpha value is -0.870. The highest BCUT2D eigenvalue weighted by molar-refractivity contribution is 14.0. The normalized spacial score (nSPS) is 10.6. The molecule has 1 aromatic heterocycles. The van der Waals surface area contributed by atoms with Crippen LogP contribution < -0.4 is 16.0 Å². The van der Waals surface area contributed by atoms with Crippen molar-refractivity contribution in [2.24, 2.45) is 4.99 Å². The van der Waals surface area contributed by atoms with Gasteiger partial charge in [-0.2, -0.15) is 0 Å². The highest BCUT2D eigenvalue weighted by Gasteiger charge is 2.03. The molecule has 0 unspecified atom stereocenters. The van der Waals surface area contributed by atoms with Crippen LogP contribution in [0, 0.1) is 0 Å². The van der Waals surface area contributed by atoms with Crippen LogP contribution in [0.25, 0.3) is 0 Å². The topological polar surface area (TPSA) is 74.8 Å². The fourth-order valence-electron chi connectivity index (χ4n) is 1.32. The molecule has 0 bridgehead atoms. The van der Waals surface area contributed by atoms with Gasteiger partial charge in [0.15, 0.2) is 5.96 Å². The van der Waals surface area contributed by atoms with Crippen LogP contribution in [0.1, 0.15) is 4.88 Å². The van der Waals surface area contributed by atoms with Gasteiger partial charge in [0.2, 0.25) is 5.91 Å². The summed E-state index contributed by atoms with van der Waals surface area (Å²) in [6.07, 6.45) is 0. The Balaban J connectivity index is 0.00000361. The summed E-state index contributed by atoms with van der Waals surface area (Å²) in [6.45, 7) is 1.91. The van der Waals surface area contributed by atoms with Gasteiger partial charge < -0.3 is 20.7 Å². The van der Waals surface area contributed by atoms with E-state index in [9.17, 15) is 4.79 Å². The summed E-state index contributed by atoms with van der Waals surface area (Å²) < 4.78 is 4.85. The Morgan fingerprint density at radius 3 is 2.80 bits per heavy atom. The number of aliphatic imine (C=N–C) groups is 1. The van der Waals surface area contributed by atoms with Crippen LogP contribution in [0.5, 0.6) is 0 Å². The highest BCUT2D eigenvalue weighted by Crippen LogP contribution is 2.06. The van der Waals surface area contributed by atoms with E-state index in [0.717, 1.165) is 0 Å². The van der Waals surface area contributed by atoms with Gasteiger partial charge in [0.25, 0.3) is 0 Å². The van der Waals surface area contributed by atoms with Crippen molar-refractivity contribution in [1.82, 2.24) is 16.0 Å². The van der Waals surface area contributed by atoms with Gasteiger partial charge in [-0.15, -0.1) is 35.3 Å².